The van der Waals surface area contributed by atoms with Gasteiger partial charge in [0.1, 0.15) is 6.04 Å². The van der Waals surface area contributed by atoms with E-state index in [1.54, 1.807) is 0 Å². The summed E-state index contributed by atoms with van der Waals surface area (Å²) in [5.74, 6) is -0.146. The van der Waals surface area contributed by atoms with Crippen LogP contribution in [0.4, 0.5) is 11.4 Å². The molecule has 0 spiro atoms. The first kappa shape index (κ1) is 13.9. The Balaban J connectivity index is 1.99. The van der Waals surface area contributed by atoms with Crippen LogP contribution in [0, 0.1) is 0 Å². The number of benzene rings is 1. The van der Waals surface area contributed by atoms with Crippen LogP contribution in [0.25, 0.3) is 0 Å². The minimum atomic E-state index is -0.573. The Morgan fingerprint density at radius 3 is 2.95 bits per heavy atom. The van der Waals surface area contributed by atoms with Crippen molar-refractivity contribution >= 4 is 33.2 Å². The summed E-state index contributed by atoms with van der Waals surface area (Å²) in [6.45, 7) is 5.74. The second-order valence-corrected chi connectivity index (χ2v) is 6.36. The number of ether oxygens (including phenoxy) is 1. The number of rotatable bonds is 1. The van der Waals surface area contributed by atoms with Crippen LogP contribution in [0.1, 0.15) is 25.5 Å². The van der Waals surface area contributed by atoms with Crippen molar-refractivity contribution < 1.29 is 9.53 Å². The molecule has 1 aromatic rings. The van der Waals surface area contributed by atoms with E-state index in [4.69, 9.17) is 10.5 Å². The maximum absolute atomic E-state index is 11.7. The number of fused-ring (bicyclic) bond motifs is 1. The number of nitrogens with one attached hydrogen (secondary N) is 1. The molecule has 3 atom stereocenters. The Morgan fingerprint density at radius 1 is 1.45 bits per heavy atom. The molecule has 2 heterocycles. The van der Waals surface area contributed by atoms with Crippen molar-refractivity contribution in [3.63, 3.8) is 0 Å². The number of halogens is 1. The van der Waals surface area contributed by atoms with Gasteiger partial charge in [0, 0.05) is 28.3 Å². The number of morpholine rings is 1. The van der Waals surface area contributed by atoms with Crippen molar-refractivity contribution in [3.8, 4) is 0 Å². The van der Waals surface area contributed by atoms with Gasteiger partial charge in [-0.1, -0.05) is 0 Å². The quantitative estimate of drug-likeness (QED) is 0.821. The molecule has 0 bridgehead atoms. The highest BCUT2D eigenvalue weighted by molar-refractivity contribution is 9.10. The number of carbonyl (C=O) groups is 1. The summed E-state index contributed by atoms with van der Waals surface area (Å²) >= 11 is 3.60. The lowest BCUT2D eigenvalue weighted by Gasteiger charge is -2.39. The summed E-state index contributed by atoms with van der Waals surface area (Å²) in [4.78, 5) is 14.0. The van der Waals surface area contributed by atoms with Crippen LogP contribution in [-0.2, 0) is 9.53 Å². The fourth-order valence-corrected chi connectivity index (χ4v) is 3.34. The number of nitrogens with two attached hydrogens (primary N) is 1. The van der Waals surface area contributed by atoms with Crippen molar-refractivity contribution in [3.05, 3.63) is 22.2 Å². The predicted molar refractivity (Wildman–Crippen MR) is 81.9 cm³/mol. The number of nitrogens with zero attached hydrogens (tertiary/aromatic N) is 1. The average molecular weight is 340 g/mol. The summed E-state index contributed by atoms with van der Waals surface area (Å²) < 4.78 is 6.62. The van der Waals surface area contributed by atoms with Crippen LogP contribution in [0.2, 0.25) is 0 Å². The van der Waals surface area contributed by atoms with Crippen molar-refractivity contribution in [2.75, 3.05) is 23.4 Å². The molecular formula is C14H18BrN3O2. The maximum Gasteiger partial charge on any atom is 0.245 e. The molecule has 1 amide bonds. The Hall–Kier alpha value is -1.11. The molecule has 0 aromatic heterocycles. The Kier molecular flexibility index (Phi) is 3.48. The van der Waals surface area contributed by atoms with Gasteiger partial charge in [-0.25, -0.2) is 0 Å². The van der Waals surface area contributed by atoms with Gasteiger partial charge in [-0.2, -0.15) is 0 Å². The van der Waals surface area contributed by atoms with Gasteiger partial charge < -0.3 is 20.7 Å². The first-order chi connectivity index (χ1) is 9.47. The minimum Gasteiger partial charge on any atom is -0.375 e. The predicted octanol–water partition coefficient (Wildman–Crippen LogP) is 2.01. The summed E-state index contributed by atoms with van der Waals surface area (Å²) in [5.41, 5.74) is 8.60. The summed E-state index contributed by atoms with van der Waals surface area (Å²) in [6.07, 6.45) is 0.197. The van der Waals surface area contributed by atoms with Crippen LogP contribution < -0.4 is 16.0 Å². The van der Waals surface area contributed by atoms with E-state index < -0.39 is 6.04 Å². The summed E-state index contributed by atoms with van der Waals surface area (Å²) in [5, 5.41) is 2.84. The molecule has 0 saturated carbocycles. The van der Waals surface area contributed by atoms with E-state index in [9.17, 15) is 4.79 Å². The molecule has 2 aliphatic heterocycles. The van der Waals surface area contributed by atoms with Gasteiger partial charge >= 0.3 is 0 Å². The highest BCUT2D eigenvalue weighted by Gasteiger charge is 2.31. The van der Waals surface area contributed by atoms with E-state index in [0.717, 1.165) is 28.0 Å². The Bertz CT molecular complexity index is 564. The van der Waals surface area contributed by atoms with Crippen molar-refractivity contribution in [2.24, 2.45) is 5.73 Å². The number of hydrogen-bond donors (Lipinski definition) is 2. The highest BCUT2D eigenvalue weighted by atomic mass is 79.9. The van der Waals surface area contributed by atoms with E-state index in [0.29, 0.717) is 12.6 Å². The Labute approximate surface area is 126 Å². The molecule has 6 heteroatoms. The molecule has 3 N–H and O–H groups in total. The molecule has 3 unspecified atom stereocenters. The average Bonchev–Trinajstić information content (AvgIpc) is 2.68. The smallest absolute Gasteiger partial charge is 0.245 e. The van der Waals surface area contributed by atoms with Crippen LogP contribution in [0.3, 0.4) is 0 Å². The molecule has 5 nitrogen and oxygen atoms in total. The van der Waals surface area contributed by atoms with Crippen molar-refractivity contribution in [1.82, 2.24) is 0 Å². The topological polar surface area (TPSA) is 67.6 Å². The largest absolute Gasteiger partial charge is 0.375 e. The monoisotopic (exact) mass is 339 g/mol. The molecule has 0 aliphatic carbocycles. The Morgan fingerprint density at radius 2 is 2.20 bits per heavy atom. The third kappa shape index (κ3) is 2.21. The first-order valence-corrected chi connectivity index (χ1v) is 7.55. The number of amides is 1. The van der Waals surface area contributed by atoms with Gasteiger partial charge in [0.2, 0.25) is 5.91 Å². The molecule has 1 saturated heterocycles. The zero-order chi connectivity index (χ0) is 14.4. The van der Waals surface area contributed by atoms with Gasteiger partial charge in [0.25, 0.3) is 0 Å². The number of anilines is 2. The maximum atomic E-state index is 11.7. The van der Waals surface area contributed by atoms with E-state index in [1.165, 1.54) is 0 Å². The zero-order valence-corrected chi connectivity index (χ0v) is 13.1. The van der Waals surface area contributed by atoms with Crippen molar-refractivity contribution in [1.29, 1.82) is 0 Å². The molecule has 3 rings (SSSR count). The summed E-state index contributed by atoms with van der Waals surface area (Å²) in [6, 6.07) is 3.67. The fraction of sp³-hybridized carbons (Fsp3) is 0.500. The van der Waals surface area contributed by atoms with E-state index in [1.807, 2.05) is 12.1 Å². The third-order valence-corrected chi connectivity index (χ3v) is 4.55. The standard InChI is InChI=1S/C14H18BrN3O2/c1-7-6-20-8(2)5-18(7)12-4-11-9(3-10(12)15)13(16)14(19)17-11/h3-4,7-8,13H,5-6,16H2,1-2H3,(H,17,19). The van der Waals surface area contributed by atoms with Gasteiger partial charge in [0.05, 0.1) is 18.4 Å². The number of hydrogen-bond acceptors (Lipinski definition) is 4. The lowest BCUT2D eigenvalue weighted by Crippen LogP contribution is -2.47. The zero-order valence-electron chi connectivity index (χ0n) is 11.5. The second-order valence-electron chi connectivity index (χ2n) is 5.50. The lowest BCUT2D eigenvalue weighted by atomic mass is 10.1. The molecule has 1 aromatic carbocycles. The SMILES string of the molecule is CC1CN(c2cc3c(cc2Br)C(N)C(=O)N3)C(C)CO1. The van der Waals surface area contributed by atoms with E-state index in [2.05, 4.69) is 40.0 Å². The van der Waals surface area contributed by atoms with Gasteiger partial charge in [-0.3, -0.25) is 4.79 Å². The van der Waals surface area contributed by atoms with Crippen LogP contribution in [0.5, 0.6) is 0 Å². The molecular weight excluding hydrogens is 322 g/mol. The van der Waals surface area contributed by atoms with E-state index in [-0.39, 0.29) is 12.0 Å². The third-order valence-electron chi connectivity index (χ3n) is 3.91. The first-order valence-electron chi connectivity index (χ1n) is 6.75. The normalized spacial score (nSPS) is 29.3. The minimum absolute atomic E-state index is 0.146. The van der Waals surface area contributed by atoms with Crippen molar-refractivity contribution in [2.45, 2.75) is 32.0 Å². The molecule has 2 aliphatic rings. The van der Waals surface area contributed by atoms with Crippen LogP contribution in [0.15, 0.2) is 16.6 Å². The lowest BCUT2D eigenvalue weighted by molar-refractivity contribution is -0.116. The van der Waals surface area contributed by atoms with E-state index >= 15 is 0 Å². The van der Waals surface area contributed by atoms with Crippen LogP contribution >= 0.6 is 15.9 Å². The van der Waals surface area contributed by atoms with Gasteiger partial charge in [0.15, 0.2) is 0 Å². The highest BCUT2D eigenvalue weighted by Crippen LogP contribution is 2.39. The molecule has 108 valence electrons. The second kappa shape index (κ2) is 5.02. The van der Waals surface area contributed by atoms with Crippen LogP contribution in [-0.4, -0.2) is 31.2 Å². The van der Waals surface area contributed by atoms with Gasteiger partial charge in [-0.05, 0) is 41.9 Å². The fourth-order valence-electron chi connectivity index (χ4n) is 2.75. The molecule has 0 radical (unpaired) electrons. The van der Waals surface area contributed by atoms with Gasteiger partial charge in [-0.15, -0.1) is 0 Å². The summed E-state index contributed by atoms with van der Waals surface area (Å²) in [7, 11) is 0. The number of carbonyl (C=O) groups excluding carboxylic acids is 1. The molecule has 20 heavy (non-hydrogen) atoms. The molecule has 1 fully saturated rings.